The molecule has 22 heavy (non-hydrogen) atoms. The van der Waals surface area contributed by atoms with Crippen molar-refractivity contribution in [2.45, 2.75) is 6.10 Å². The van der Waals surface area contributed by atoms with Gasteiger partial charge in [0.25, 0.3) is 0 Å². The van der Waals surface area contributed by atoms with Gasteiger partial charge in [-0.1, -0.05) is 69.6 Å². The lowest BCUT2D eigenvalue weighted by Gasteiger charge is -2.13. The van der Waals surface area contributed by atoms with Crippen LogP contribution in [0.25, 0.3) is 11.1 Å². The van der Waals surface area contributed by atoms with Crippen molar-refractivity contribution in [3.63, 3.8) is 0 Å². The summed E-state index contributed by atoms with van der Waals surface area (Å²) in [7, 11) is 0. The van der Waals surface area contributed by atoms with E-state index in [9.17, 15) is 4.79 Å². The molecule has 2 aromatic carbocycles. The summed E-state index contributed by atoms with van der Waals surface area (Å²) in [5.41, 5.74) is 3.05. The Labute approximate surface area is 136 Å². The number of carbonyl (C=O) groups excluding carboxylic acids is 1. The molecule has 5 heteroatoms. The van der Waals surface area contributed by atoms with Crippen molar-refractivity contribution >= 4 is 27.6 Å². The summed E-state index contributed by atoms with van der Waals surface area (Å²) >= 11 is 3.31. The van der Waals surface area contributed by atoms with Crippen LogP contribution in [0.5, 0.6) is 0 Å². The van der Waals surface area contributed by atoms with Crippen molar-refractivity contribution in [1.29, 1.82) is 0 Å². The fourth-order valence-electron chi connectivity index (χ4n) is 2.28. The Morgan fingerprint density at radius 2 is 1.91 bits per heavy atom. The normalized spacial score (nSPS) is 16.8. The fraction of sp³-hybridized carbons (Fsp3) is 0.176. The lowest BCUT2D eigenvalue weighted by Crippen LogP contribution is -2.28. The molecule has 1 aliphatic rings. The van der Waals surface area contributed by atoms with Crippen LogP contribution in [0.2, 0.25) is 0 Å². The number of oxime groups is 1. The molecule has 3 rings (SSSR count). The third-order valence-electron chi connectivity index (χ3n) is 3.40. The van der Waals surface area contributed by atoms with Crippen LogP contribution in [-0.4, -0.2) is 29.7 Å². The van der Waals surface area contributed by atoms with Gasteiger partial charge in [-0.2, -0.15) is 0 Å². The van der Waals surface area contributed by atoms with Gasteiger partial charge in [0.05, 0.1) is 5.56 Å². The minimum Gasteiger partial charge on any atom is -0.449 e. The number of carbonyl (C=O) groups is 1. The molecule has 0 aliphatic carbocycles. The number of ether oxygens (including phenoxy) is 1. The van der Waals surface area contributed by atoms with Crippen LogP contribution in [0.15, 0.2) is 59.8 Å². The second-order valence-corrected chi connectivity index (χ2v) is 5.38. The second-order valence-electron chi connectivity index (χ2n) is 4.82. The van der Waals surface area contributed by atoms with E-state index in [0.29, 0.717) is 16.6 Å². The van der Waals surface area contributed by atoms with E-state index in [0.717, 1.165) is 11.1 Å². The Bertz CT molecular complexity index is 700. The highest BCUT2D eigenvalue weighted by Gasteiger charge is 2.27. The smallest absolute Gasteiger partial charge is 0.339 e. The zero-order chi connectivity index (χ0) is 15.4. The highest BCUT2D eigenvalue weighted by Crippen LogP contribution is 2.24. The quantitative estimate of drug-likeness (QED) is 0.618. The molecule has 112 valence electrons. The Morgan fingerprint density at radius 1 is 1.18 bits per heavy atom. The Kier molecular flexibility index (Phi) is 4.53. The maximum absolute atomic E-state index is 12.5. The van der Waals surface area contributed by atoms with Crippen LogP contribution < -0.4 is 0 Å². The van der Waals surface area contributed by atoms with Crippen LogP contribution in [0.4, 0.5) is 0 Å². The van der Waals surface area contributed by atoms with Crippen LogP contribution in [0.1, 0.15) is 10.4 Å². The molecule has 0 saturated heterocycles. The molecule has 0 aromatic heterocycles. The van der Waals surface area contributed by atoms with Crippen molar-refractivity contribution in [3.05, 3.63) is 60.2 Å². The number of benzene rings is 2. The number of halogens is 1. The molecule has 0 saturated carbocycles. The molecule has 1 atom stereocenters. The standard InChI is InChI=1S/C17H14BrNO3/c18-10-15-16(11-21-19-15)22-17(20)14-9-5-4-8-13(14)12-6-2-1-3-7-12/h1-9,16H,10-11H2. The summed E-state index contributed by atoms with van der Waals surface area (Å²) in [6.07, 6.45) is -0.435. The predicted molar refractivity (Wildman–Crippen MR) is 88.3 cm³/mol. The molecule has 0 spiro atoms. The molecular formula is C17H14BrNO3. The number of alkyl halides is 1. The minimum absolute atomic E-state index is 0.264. The Balaban J connectivity index is 1.86. The molecule has 1 aliphatic heterocycles. The third kappa shape index (κ3) is 3.04. The van der Waals surface area contributed by atoms with Crippen LogP contribution in [0, 0.1) is 0 Å². The Morgan fingerprint density at radius 3 is 2.68 bits per heavy atom. The van der Waals surface area contributed by atoms with Gasteiger partial charge in [-0.05, 0) is 17.2 Å². The SMILES string of the molecule is O=C(OC1CON=C1CBr)c1ccccc1-c1ccccc1. The number of hydrogen-bond donors (Lipinski definition) is 0. The monoisotopic (exact) mass is 359 g/mol. The van der Waals surface area contributed by atoms with Gasteiger partial charge >= 0.3 is 5.97 Å². The van der Waals surface area contributed by atoms with Gasteiger partial charge in [-0.25, -0.2) is 4.79 Å². The zero-order valence-corrected chi connectivity index (χ0v) is 13.3. The lowest BCUT2D eigenvalue weighted by atomic mass is 10.00. The van der Waals surface area contributed by atoms with E-state index in [1.165, 1.54) is 0 Å². The van der Waals surface area contributed by atoms with E-state index < -0.39 is 6.10 Å². The molecule has 2 aromatic rings. The molecule has 0 bridgehead atoms. The van der Waals surface area contributed by atoms with E-state index in [-0.39, 0.29) is 12.6 Å². The minimum atomic E-state index is -0.435. The first-order chi connectivity index (χ1) is 10.8. The summed E-state index contributed by atoms with van der Waals surface area (Å²) in [5, 5.41) is 4.37. The van der Waals surface area contributed by atoms with Gasteiger partial charge in [0.2, 0.25) is 0 Å². The van der Waals surface area contributed by atoms with E-state index in [1.54, 1.807) is 6.07 Å². The average Bonchev–Trinajstić information content (AvgIpc) is 3.03. The molecule has 0 fully saturated rings. The van der Waals surface area contributed by atoms with E-state index >= 15 is 0 Å². The molecule has 4 nitrogen and oxygen atoms in total. The van der Waals surface area contributed by atoms with Gasteiger partial charge in [-0.3, -0.25) is 0 Å². The fourth-order valence-corrected chi connectivity index (χ4v) is 2.74. The predicted octanol–water partition coefficient (Wildman–Crippen LogP) is 3.66. The van der Waals surface area contributed by atoms with Crippen molar-refractivity contribution in [2.24, 2.45) is 5.16 Å². The molecular weight excluding hydrogens is 346 g/mol. The Hall–Kier alpha value is -2.14. The van der Waals surface area contributed by atoms with Crippen LogP contribution >= 0.6 is 15.9 Å². The topological polar surface area (TPSA) is 47.9 Å². The van der Waals surface area contributed by atoms with Crippen molar-refractivity contribution in [1.82, 2.24) is 0 Å². The van der Waals surface area contributed by atoms with Gasteiger partial charge in [0.15, 0.2) is 12.7 Å². The number of esters is 1. The highest BCUT2D eigenvalue weighted by molar-refractivity contribution is 9.09. The molecule has 0 radical (unpaired) electrons. The lowest BCUT2D eigenvalue weighted by molar-refractivity contribution is 0.0293. The second kappa shape index (κ2) is 6.75. The van der Waals surface area contributed by atoms with Crippen LogP contribution in [-0.2, 0) is 9.57 Å². The average molecular weight is 360 g/mol. The molecule has 1 unspecified atom stereocenters. The van der Waals surface area contributed by atoms with Gasteiger partial charge in [0, 0.05) is 5.33 Å². The van der Waals surface area contributed by atoms with Crippen molar-refractivity contribution in [2.75, 3.05) is 11.9 Å². The van der Waals surface area contributed by atoms with Gasteiger partial charge in [-0.15, -0.1) is 0 Å². The highest BCUT2D eigenvalue weighted by atomic mass is 79.9. The maximum atomic E-state index is 12.5. The van der Waals surface area contributed by atoms with Gasteiger partial charge < -0.3 is 9.57 Å². The first kappa shape index (κ1) is 14.8. The van der Waals surface area contributed by atoms with Gasteiger partial charge in [0.1, 0.15) is 5.71 Å². The maximum Gasteiger partial charge on any atom is 0.339 e. The number of nitrogens with zero attached hydrogens (tertiary/aromatic N) is 1. The first-order valence-electron chi connectivity index (χ1n) is 6.89. The summed E-state index contributed by atoms with van der Waals surface area (Å²) in [6, 6.07) is 17.2. The van der Waals surface area contributed by atoms with Crippen LogP contribution in [0.3, 0.4) is 0 Å². The number of hydrogen-bond acceptors (Lipinski definition) is 4. The largest absolute Gasteiger partial charge is 0.449 e. The van der Waals surface area contributed by atoms with Crippen molar-refractivity contribution in [3.8, 4) is 11.1 Å². The van der Waals surface area contributed by atoms with Crippen molar-refractivity contribution < 1.29 is 14.4 Å². The molecule has 0 amide bonds. The van der Waals surface area contributed by atoms with E-state index in [4.69, 9.17) is 9.57 Å². The summed E-state index contributed by atoms with van der Waals surface area (Å²) in [5.74, 6) is -0.372. The third-order valence-corrected chi connectivity index (χ3v) is 3.97. The summed E-state index contributed by atoms with van der Waals surface area (Å²) < 4.78 is 5.54. The summed E-state index contributed by atoms with van der Waals surface area (Å²) in [6.45, 7) is 0.264. The molecule has 0 N–H and O–H groups in total. The van der Waals surface area contributed by atoms with E-state index in [1.807, 2.05) is 48.5 Å². The first-order valence-corrected chi connectivity index (χ1v) is 8.02. The number of rotatable bonds is 4. The zero-order valence-electron chi connectivity index (χ0n) is 11.7. The summed E-state index contributed by atoms with van der Waals surface area (Å²) in [4.78, 5) is 17.5. The van der Waals surface area contributed by atoms with E-state index in [2.05, 4.69) is 21.1 Å². The molecule has 1 heterocycles.